The average molecular weight is 314 g/mol. The van der Waals surface area contributed by atoms with Gasteiger partial charge in [-0.2, -0.15) is 0 Å². The molecule has 3 heteroatoms. The highest BCUT2D eigenvalue weighted by molar-refractivity contribution is 9.10. The highest BCUT2D eigenvalue weighted by Crippen LogP contribution is 2.22. The SMILES string of the molecule is FCCCN1CCC(CCc2ccc(Br)cc2)C1. The highest BCUT2D eigenvalue weighted by atomic mass is 79.9. The van der Waals surface area contributed by atoms with Gasteiger partial charge in [0.2, 0.25) is 0 Å². The minimum Gasteiger partial charge on any atom is -0.303 e. The zero-order valence-electron chi connectivity index (χ0n) is 10.7. The summed E-state index contributed by atoms with van der Waals surface area (Å²) in [6, 6.07) is 8.61. The molecule has 0 amide bonds. The maximum atomic E-state index is 12.1. The van der Waals surface area contributed by atoms with Crippen LogP contribution in [0.1, 0.15) is 24.8 Å². The van der Waals surface area contributed by atoms with E-state index in [1.165, 1.54) is 18.4 Å². The monoisotopic (exact) mass is 313 g/mol. The summed E-state index contributed by atoms with van der Waals surface area (Å²) in [5.41, 5.74) is 1.42. The summed E-state index contributed by atoms with van der Waals surface area (Å²) in [5, 5.41) is 0. The van der Waals surface area contributed by atoms with Gasteiger partial charge in [-0.25, -0.2) is 0 Å². The van der Waals surface area contributed by atoms with Crippen LogP contribution in [0.15, 0.2) is 28.7 Å². The molecular weight excluding hydrogens is 293 g/mol. The lowest BCUT2D eigenvalue weighted by molar-refractivity contribution is 0.299. The Morgan fingerprint density at radius 3 is 2.78 bits per heavy atom. The quantitative estimate of drug-likeness (QED) is 0.765. The van der Waals surface area contributed by atoms with E-state index in [2.05, 4.69) is 45.1 Å². The number of halogens is 2. The molecule has 0 radical (unpaired) electrons. The van der Waals surface area contributed by atoms with Gasteiger partial charge in [0, 0.05) is 17.6 Å². The Kier molecular flexibility index (Phi) is 5.64. The fraction of sp³-hybridized carbons (Fsp3) is 0.600. The van der Waals surface area contributed by atoms with Gasteiger partial charge in [-0.3, -0.25) is 4.39 Å². The van der Waals surface area contributed by atoms with Gasteiger partial charge in [0.1, 0.15) is 0 Å². The maximum Gasteiger partial charge on any atom is 0.0906 e. The molecule has 1 aliphatic rings. The van der Waals surface area contributed by atoms with Crippen LogP contribution in [0, 0.1) is 5.92 Å². The van der Waals surface area contributed by atoms with Crippen LogP contribution in [0.4, 0.5) is 4.39 Å². The Bertz CT molecular complexity index is 352. The molecule has 18 heavy (non-hydrogen) atoms. The summed E-state index contributed by atoms with van der Waals surface area (Å²) < 4.78 is 13.3. The number of rotatable bonds is 6. The van der Waals surface area contributed by atoms with E-state index in [-0.39, 0.29) is 6.67 Å². The van der Waals surface area contributed by atoms with Crippen LogP contribution in [0.3, 0.4) is 0 Å². The predicted octanol–water partition coefficient (Wildman–Crippen LogP) is 4.06. The lowest BCUT2D eigenvalue weighted by atomic mass is 9.99. The van der Waals surface area contributed by atoms with Crippen LogP contribution in [0.25, 0.3) is 0 Å². The van der Waals surface area contributed by atoms with Crippen LogP contribution >= 0.6 is 15.9 Å². The third-order valence-corrected chi connectivity index (χ3v) is 4.26. The summed E-state index contributed by atoms with van der Waals surface area (Å²) in [5.74, 6) is 0.799. The minimum absolute atomic E-state index is 0.180. The third-order valence-electron chi connectivity index (χ3n) is 3.73. The smallest absolute Gasteiger partial charge is 0.0906 e. The first-order valence-electron chi connectivity index (χ1n) is 6.80. The van der Waals surface area contributed by atoms with Crippen molar-refractivity contribution in [3.05, 3.63) is 34.3 Å². The lowest BCUT2D eigenvalue weighted by Crippen LogP contribution is -2.22. The first-order valence-corrected chi connectivity index (χ1v) is 7.60. The van der Waals surface area contributed by atoms with Crippen molar-refractivity contribution < 1.29 is 4.39 Å². The van der Waals surface area contributed by atoms with Gasteiger partial charge in [0.15, 0.2) is 0 Å². The number of nitrogens with zero attached hydrogens (tertiary/aromatic N) is 1. The van der Waals surface area contributed by atoms with E-state index in [4.69, 9.17) is 0 Å². The van der Waals surface area contributed by atoms with Crippen molar-refractivity contribution in [3.8, 4) is 0 Å². The number of benzene rings is 1. The molecule has 1 aromatic rings. The number of alkyl halides is 1. The molecule has 2 rings (SSSR count). The summed E-state index contributed by atoms with van der Waals surface area (Å²) in [6.07, 6.45) is 4.39. The molecule has 1 atom stereocenters. The van der Waals surface area contributed by atoms with Crippen LogP contribution in [-0.4, -0.2) is 31.2 Å². The number of hydrogen-bond acceptors (Lipinski definition) is 1. The van der Waals surface area contributed by atoms with Gasteiger partial charge < -0.3 is 4.90 Å². The molecule has 0 aliphatic carbocycles. The van der Waals surface area contributed by atoms with Gasteiger partial charge in [0.25, 0.3) is 0 Å². The molecule has 1 aromatic carbocycles. The molecule has 1 nitrogen and oxygen atoms in total. The molecular formula is C15H21BrFN. The van der Waals surface area contributed by atoms with Gasteiger partial charge in [-0.1, -0.05) is 28.1 Å². The topological polar surface area (TPSA) is 3.24 Å². The molecule has 0 spiro atoms. The fourth-order valence-electron chi connectivity index (χ4n) is 2.66. The van der Waals surface area contributed by atoms with E-state index >= 15 is 0 Å². The molecule has 1 heterocycles. The van der Waals surface area contributed by atoms with Crippen molar-refractivity contribution in [1.29, 1.82) is 0 Å². The molecule has 1 aliphatic heterocycles. The first kappa shape index (κ1) is 14.0. The van der Waals surface area contributed by atoms with Crippen LogP contribution in [0.5, 0.6) is 0 Å². The van der Waals surface area contributed by atoms with Crippen LogP contribution in [0.2, 0.25) is 0 Å². The zero-order valence-corrected chi connectivity index (χ0v) is 12.3. The molecule has 1 saturated heterocycles. The van der Waals surface area contributed by atoms with Crippen LogP contribution < -0.4 is 0 Å². The van der Waals surface area contributed by atoms with Crippen molar-refractivity contribution in [2.24, 2.45) is 5.92 Å². The number of likely N-dealkylation sites (tertiary alicyclic amines) is 1. The Balaban J connectivity index is 1.70. The van der Waals surface area contributed by atoms with Crippen molar-refractivity contribution in [1.82, 2.24) is 4.90 Å². The van der Waals surface area contributed by atoms with E-state index in [1.54, 1.807) is 0 Å². The third kappa shape index (κ3) is 4.36. The zero-order chi connectivity index (χ0) is 12.8. The average Bonchev–Trinajstić information content (AvgIpc) is 2.84. The second-order valence-corrected chi connectivity index (χ2v) is 6.08. The standard InChI is InChI=1S/C15H21BrFN/c16-15-6-4-13(5-7-15)2-3-14-8-11-18(12-14)10-1-9-17/h4-7,14H,1-3,8-12H2. The highest BCUT2D eigenvalue weighted by Gasteiger charge is 2.21. The minimum atomic E-state index is -0.180. The Labute approximate surface area is 118 Å². The molecule has 0 aromatic heterocycles. The summed E-state index contributed by atoms with van der Waals surface area (Å²) in [7, 11) is 0. The van der Waals surface area contributed by atoms with E-state index in [1.807, 2.05) is 0 Å². The maximum absolute atomic E-state index is 12.1. The Morgan fingerprint density at radius 2 is 2.06 bits per heavy atom. The fourth-order valence-corrected chi connectivity index (χ4v) is 2.92. The van der Waals surface area contributed by atoms with Crippen molar-refractivity contribution in [2.45, 2.75) is 25.7 Å². The van der Waals surface area contributed by atoms with Gasteiger partial charge in [-0.15, -0.1) is 0 Å². The van der Waals surface area contributed by atoms with Crippen molar-refractivity contribution in [3.63, 3.8) is 0 Å². The normalized spacial score (nSPS) is 20.4. The molecule has 1 fully saturated rings. The van der Waals surface area contributed by atoms with Crippen molar-refractivity contribution >= 4 is 15.9 Å². The van der Waals surface area contributed by atoms with Gasteiger partial charge in [0.05, 0.1) is 6.67 Å². The lowest BCUT2D eigenvalue weighted by Gasteiger charge is -2.14. The Morgan fingerprint density at radius 1 is 1.28 bits per heavy atom. The molecule has 1 unspecified atom stereocenters. The van der Waals surface area contributed by atoms with E-state index < -0.39 is 0 Å². The number of aryl methyl sites for hydroxylation is 1. The van der Waals surface area contributed by atoms with Gasteiger partial charge in [-0.05, 0) is 55.8 Å². The summed E-state index contributed by atoms with van der Waals surface area (Å²) >= 11 is 3.46. The summed E-state index contributed by atoms with van der Waals surface area (Å²) in [6.45, 7) is 3.08. The second kappa shape index (κ2) is 7.25. The van der Waals surface area contributed by atoms with E-state index in [9.17, 15) is 4.39 Å². The largest absolute Gasteiger partial charge is 0.303 e. The van der Waals surface area contributed by atoms with E-state index in [0.29, 0.717) is 6.42 Å². The first-order chi connectivity index (χ1) is 8.78. The van der Waals surface area contributed by atoms with Crippen LogP contribution in [-0.2, 0) is 6.42 Å². The molecule has 0 N–H and O–H groups in total. The molecule has 100 valence electrons. The predicted molar refractivity (Wildman–Crippen MR) is 77.6 cm³/mol. The summed E-state index contributed by atoms with van der Waals surface area (Å²) in [4.78, 5) is 2.41. The Hall–Kier alpha value is -0.410. The number of hydrogen-bond donors (Lipinski definition) is 0. The van der Waals surface area contributed by atoms with E-state index in [0.717, 1.165) is 36.4 Å². The molecule has 0 saturated carbocycles. The van der Waals surface area contributed by atoms with Crippen molar-refractivity contribution in [2.75, 3.05) is 26.3 Å². The molecule has 0 bridgehead atoms. The van der Waals surface area contributed by atoms with Gasteiger partial charge >= 0.3 is 0 Å². The second-order valence-electron chi connectivity index (χ2n) is 5.16.